The van der Waals surface area contributed by atoms with Crippen molar-refractivity contribution in [2.24, 2.45) is 0 Å². The van der Waals surface area contributed by atoms with Crippen molar-refractivity contribution in [1.29, 1.82) is 5.26 Å². The van der Waals surface area contributed by atoms with Crippen LogP contribution in [0.2, 0.25) is 5.15 Å². The van der Waals surface area contributed by atoms with E-state index in [0.29, 0.717) is 35.1 Å². The summed E-state index contributed by atoms with van der Waals surface area (Å²) in [5.74, 6) is -0.0196. The van der Waals surface area contributed by atoms with Crippen LogP contribution in [0.25, 0.3) is 0 Å². The van der Waals surface area contributed by atoms with Gasteiger partial charge in [-0.25, -0.2) is 4.98 Å². The first-order valence-electron chi connectivity index (χ1n) is 10.1. The fraction of sp³-hybridized carbons (Fsp3) is 0.409. The number of carbonyl (C=O) groups excluding carboxylic acids is 1. The highest BCUT2D eigenvalue weighted by Crippen LogP contribution is 2.38. The predicted octanol–water partition coefficient (Wildman–Crippen LogP) is 3.47. The Morgan fingerprint density at radius 3 is 2.60 bits per heavy atom. The summed E-state index contributed by atoms with van der Waals surface area (Å²) < 4.78 is 0. The number of fused-ring (bicyclic) bond motifs is 1. The molecule has 1 amide bonds. The molecule has 0 atom stereocenters. The molecule has 1 aromatic carbocycles. The molecule has 0 aliphatic carbocycles. The monoisotopic (exact) mass is 424 g/mol. The fourth-order valence-corrected chi connectivity index (χ4v) is 4.35. The van der Waals surface area contributed by atoms with E-state index in [1.165, 1.54) is 6.20 Å². The van der Waals surface area contributed by atoms with E-state index in [-0.39, 0.29) is 11.1 Å². The lowest BCUT2D eigenvalue weighted by molar-refractivity contribution is 0.0817. The maximum atomic E-state index is 13.0. The highest BCUT2D eigenvalue weighted by molar-refractivity contribution is 6.29. The zero-order valence-corrected chi connectivity index (χ0v) is 18.2. The molecule has 2 aliphatic rings. The van der Waals surface area contributed by atoms with Crippen molar-refractivity contribution in [3.8, 4) is 6.07 Å². The maximum absolute atomic E-state index is 13.0. The van der Waals surface area contributed by atoms with Crippen molar-refractivity contribution >= 4 is 34.6 Å². The topological polar surface area (TPSA) is 75.5 Å². The molecular weight excluding hydrogens is 400 g/mol. The summed E-state index contributed by atoms with van der Waals surface area (Å²) in [7, 11) is 1.82. The van der Waals surface area contributed by atoms with E-state index in [9.17, 15) is 10.1 Å². The van der Waals surface area contributed by atoms with Gasteiger partial charge in [-0.2, -0.15) is 5.26 Å². The zero-order valence-electron chi connectivity index (χ0n) is 17.4. The van der Waals surface area contributed by atoms with Crippen LogP contribution in [0.5, 0.6) is 0 Å². The normalized spacial score (nSPS) is 16.7. The highest BCUT2D eigenvalue weighted by Gasteiger charge is 2.32. The SMILES string of the molecule is CC(C)N1CCN(c2ccc(Nc3cc(Cl)ncc3C#N)c3c2CN(C)C3=O)CC1. The second-order valence-corrected chi connectivity index (χ2v) is 8.44. The van der Waals surface area contributed by atoms with Crippen molar-refractivity contribution in [2.45, 2.75) is 26.4 Å². The van der Waals surface area contributed by atoms with E-state index in [1.807, 2.05) is 13.1 Å². The Morgan fingerprint density at radius 1 is 1.20 bits per heavy atom. The molecule has 1 aromatic heterocycles. The van der Waals surface area contributed by atoms with Crippen LogP contribution in [0.1, 0.15) is 35.3 Å². The van der Waals surface area contributed by atoms with Gasteiger partial charge in [-0.15, -0.1) is 0 Å². The Morgan fingerprint density at radius 2 is 1.93 bits per heavy atom. The fourth-order valence-electron chi connectivity index (χ4n) is 4.19. The largest absolute Gasteiger partial charge is 0.369 e. The van der Waals surface area contributed by atoms with Crippen LogP contribution in [0.15, 0.2) is 24.4 Å². The average molecular weight is 425 g/mol. The number of carbonyl (C=O) groups is 1. The Bertz CT molecular complexity index is 1020. The summed E-state index contributed by atoms with van der Waals surface area (Å²) in [6.45, 7) is 8.92. The number of amides is 1. The third-order valence-corrected chi connectivity index (χ3v) is 6.10. The Kier molecular flexibility index (Phi) is 5.54. The third-order valence-electron chi connectivity index (χ3n) is 5.89. The molecule has 1 N–H and O–H groups in total. The number of benzene rings is 1. The van der Waals surface area contributed by atoms with Gasteiger partial charge in [-0.1, -0.05) is 11.6 Å². The molecule has 0 unspecified atom stereocenters. The average Bonchev–Trinajstić information content (AvgIpc) is 3.03. The van der Waals surface area contributed by atoms with Crippen LogP contribution in [0.3, 0.4) is 0 Å². The first-order valence-corrected chi connectivity index (χ1v) is 10.5. The molecule has 8 heteroatoms. The molecule has 0 saturated carbocycles. The molecule has 2 aliphatic heterocycles. The molecule has 0 bridgehead atoms. The van der Waals surface area contributed by atoms with Crippen molar-refractivity contribution in [3.63, 3.8) is 0 Å². The van der Waals surface area contributed by atoms with Gasteiger partial charge in [0, 0.05) is 69.3 Å². The molecule has 1 saturated heterocycles. The van der Waals surface area contributed by atoms with Crippen LogP contribution in [0, 0.1) is 11.3 Å². The summed E-state index contributed by atoms with van der Waals surface area (Å²) in [5, 5.41) is 12.9. The van der Waals surface area contributed by atoms with Gasteiger partial charge in [0.2, 0.25) is 0 Å². The van der Waals surface area contributed by atoms with Gasteiger partial charge in [0.25, 0.3) is 5.91 Å². The van der Waals surface area contributed by atoms with Crippen LogP contribution in [-0.4, -0.2) is 60.0 Å². The Balaban J connectivity index is 1.69. The molecule has 30 heavy (non-hydrogen) atoms. The summed E-state index contributed by atoms with van der Waals surface area (Å²) in [6.07, 6.45) is 1.43. The molecule has 0 radical (unpaired) electrons. The van der Waals surface area contributed by atoms with E-state index in [4.69, 9.17) is 11.6 Å². The number of rotatable bonds is 4. The highest BCUT2D eigenvalue weighted by atomic mass is 35.5. The standard InChI is InChI=1S/C22H25ClN6O/c1-14(2)28-6-8-29(9-7-28)19-5-4-17(21-16(19)13-27(3)22(21)30)26-18-10-20(23)25-12-15(18)11-24/h4-5,10,12,14H,6-9,13H2,1-3H3,(H,25,26). The van der Waals surface area contributed by atoms with Crippen LogP contribution in [0.4, 0.5) is 17.1 Å². The number of nitrogens with one attached hydrogen (secondary N) is 1. The summed E-state index contributed by atoms with van der Waals surface area (Å²) >= 11 is 6.02. The lowest BCUT2D eigenvalue weighted by Crippen LogP contribution is -2.49. The predicted molar refractivity (Wildman–Crippen MR) is 118 cm³/mol. The number of halogens is 1. The number of piperazine rings is 1. The minimum Gasteiger partial charge on any atom is -0.369 e. The summed E-state index contributed by atoms with van der Waals surface area (Å²) in [4.78, 5) is 23.5. The van der Waals surface area contributed by atoms with Crippen LogP contribution < -0.4 is 10.2 Å². The van der Waals surface area contributed by atoms with E-state index >= 15 is 0 Å². The molecule has 1 fully saturated rings. The second kappa shape index (κ2) is 8.13. The molecule has 7 nitrogen and oxygen atoms in total. The van der Waals surface area contributed by atoms with Gasteiger partial charge in [0.05, 0.1) is 22.5 Å². The number of nitriles is 1. The van der Waals surface area contributed by atoms with Crippen molar-refractivity contribution in [2.75, 3.05) is 43.4 Å². The smallest absolute Gasteiger partial charge is 0.256 e. The lowest BCUT2D eigenvalue weighted by atomic mass is 10.0. The number of pyridine rings is 1. The zero-order chi connectivity index (χ0) is 21.4. The molecule has 3 heterocycles. The minimum absolute atomic E-state index is 0.0196. The number of anilines is 3. The van der Waals surface area contributed by atoms with E-state index < -0.39 is 0 Å². The van der Waals surface area contributed by atoms with Gasteiger partial charge in [-0.3, -0.25) is 9.69 Å². The van der Waals surface area contributed by atoms with Gasteiger partial charge in [0.15, 0.2) is 0 Å². The molecule has 4 rings (SSSR count). The quantitative estimate of drug-likeness (QED) is 0.757. The molecular formula is C22H25ClN6O. The van der Waals surface area contributed by atoms with E-state index in [0.717, 1.165) is 37.4 Å². The number of nitrogens with zero attached hydrogens (tertiary/aromatic N) is 5. The van der Waals surface area contributed by atoms with Gasteiger partial charge >= 0.3 is 0 Å². The number of aromatic nitrogens is 1. The first-order chi connectivity index (χ1) is 14.4. The maximum Gasteiger partial charge on any atom is 0.256 e. The van der Waals surface area contributed by atoms with Crippen molar-refractivity contribution in [1.82, 2.24) is 14.8 Å². The Hall–Kier alpha value is -2.82. The molecule has 156 valence electrons. The number of hydrogen-bond donors (Lipinski definition) is 1. The third kappa shape index (κ3) is 3.69. The van der Waals surface area contributed by atoms with Gasteiger partial charge < -0.3 is 15.1 Å². The van der Waals surface area contributed by atoms with Crippen molar-refractivity contribution < 1.29 is 4.79 Å². The lowest BCUT2D eigenvalue weighted by Gasteiger charge is -2.39. The summed E-state index contributed by atoms with van der Waals surface area (Å²) in [6, 6.07) is 8.26. The van der Waals surface area contributed by atoms with Crippen molar-refractivity contribution in [3.05, 3.63) is 46.2 Å². The van der Waals surface area contributed by atoms with Gasteiger partial charge in [-0.05, 0) is 26.0 Å². The second-order valence-electron chi connectivity index (χ2n) is 8.05. The Labute approximate surface area is 181 Å². The molecule has 0 spiro atoms. The van der Waals surface area contributed by atoms with Gasteiger partial charge in [0.1, 0.15) is 11.2 Å². The summed E-state index contributed by atoms with van der Waals surface area (Å²) in [5.41, 5.74) is 4.41. The van der Waals surface area contributed by atoms with Crippen LogP contribution >= 0.6 is 11.6 Å². The number of hydrogen-bond acceptors (Lipinski definition) is 6. The van der Waals surface area contributed by atoms with Crippen LogP contribution in [-0.2, 0) is 6.54 Å². The first kappa shape index (κ1) is 20.5. The minimum atomic E-state index is -0.0196. The van der Waals surface area contributed by atoms with E-state index in [2.05, 4.69) is 46.1 Å². The molecule has 2 aromatic rings. The van der Waals surface area contributed by atoms with E-state index in [1.54, 1.807) is 11.0 Å².